The highest BCUT2D eigenvalue weighted by Crippen LogP contribution is 2.27. The predicted octanol–water partition coefficient (Wildman–Crippen LogP) is 3.33. The lowest BCUT2D eigenvalue weighted by Gasteiger charge is -2.20. The number of nitrogens with one attached hydrogen (secondary N) is 2. The molecule has 1 saturated carbocycles. The Morgan fingerprint density at radius 1 is 1.47 bits per heavy atom. The zero-order valence-electron chi connectivity index (χ0n) is 11.7. The Hall–Kier alpha value is -0.940. The Labute approximate surface area is 119 Å². The lowest BCUT2D eigenvalue weighted by Crippen LogP contribution is -2.18. The minimum Gasteiger partial charge on any atom is -0.312 e. The number of anilines is 1. The van der Waals surface area contributed by atoms with Crippen molar-refractivity contribution in [3.63, 3.8) is 0 Å². The summed E-state index contributed by atoms with van der Waals surface area (Å²) in [6.07, 6.45) is 6.94. The van der Waals surface area contributed by atoms with Crippen LogP contribution in [-0.4, -0.2) is 17.9 Å². The Morgan fingerprint density at radius 2 is 2.21 bits per heavy atom. The molecule has 0 bridgehead atoms. The van der Waals surface area contributed by atoms with E-state index in [0.717, 1.165) is 10.8 Å². The zero-order chi connectivity index (χ0) is 13.7. The smallest absolute Gasteiger partial charge is 0.226 e. The third kappa shape index (κ3) is 4.28. The van der Waals surface area contributed by atoms with Crippen LogP contribution in [0.15, 0.2) is 5.38 Å². The first-order chi connectivity index (χ1) is 9.19. The number of nitrogens with zero attached hydrogens (tertiary/aromatic N) is 1. The molecule has 2 N–H and O–H groups in total. The molecule has 1 heterocycles. The normalized spacial score (nSPS) is 18.2. The van der Waals surface area contributed by atoms with E-state index in [0.29, 0.717) is 12.3 Å². The summed E-state index contributed by atoms with van der Waals surface area (Å²) in [4.78, 5) is 16.4. The van der Waals surface area contributed by atoms with E-state index in [1.165, 1.54) is 43.4 Å². The molecule has 2 rings (SSSR count). The quantitative estimate of drug-likeness (QED) is 0.870. The van der Waals surface area contributed by atoms with E-state index in [2.05, 4.69) is 22.5 Å². The molecule has 1 atom stereocenters. The molecule has 1 aromatic heterocycles. The van der Waals surface area contributed by atoms with Gasteiger partial charge < -0.3 is 10.6 Å². The van der Waals surface area contributed by atoms with Crippen molar-refractivity contribution >= 4 is 22.4 Å². The van der Waals surface area contributed by atoms with Crippen LogP contribution in [0.2, 0.25) is 0 Å². The SMILES string of the molecule is CNC(C)c1csc(NC(=O)CC2CCCCC2)n1. The Morgan fingerprint density at radius 3 is 2.89 bits per heavy atom. The van der Waals surface area contributed by atoms with Gasteiger partial charge in [0.25, 0.3) is 0 Å². The molecule has 4 nitrogen and oxygen atoms in total. The van der Waals surface area contributed by atoms with Crippen molar-refractivity contribution in [3.8, 4) is 0 Å². The van der Waals surface area contributed by atoms with Gasteiger partial charge in [-0.3, -0.25) is 4.79 Å². The number of hydrogen-bond acceptors (Lipinski definition) is 4. The third-order valence-corrected chi connectivity index (χ3v) is 4.62. The minimum atomic E-state index is 0.116. The molecule has 0 aliphatic heterocycles. The molecule has 1 aromatic rings. The molecule has 0 saturated heterocycles. The van der Waals surface area contributed by atoms with E-state index in [9.17, 15) is 4.79 Å². The topological polar surface area (TPSA) is 54.0 Å². The first kappa shape index (κ1) is 14.5. The average molecular weight is 281 g/mol. The summed E-state index contributed by atoms with van der Waals surface area (Å²) >= 11 is 1.50. The van der Waals surface area contributed by atoms with Crippen LogP contribution in [0.4, 0.5) is 5.13 Å². The summed E-state index contributed by atoms with van der Waals surface area (Å²) in [6, 6.07) is 0.222. The van der Waals surface area contributed by atoms with Crippen LogP contribution in [0.25, 0.3) is 0 Å². The molecule has 1 aliphatic rings. The second kappa shape index (κ2) is 7.01. The number of aromatic nitrogens is 1. The summed E-state index contributed by atoms with van der Waals surface area (Å²) in [7, 11) is 1.91. The van der Waals surface area contributed by atoms with Gasteiger partial charge in [0.05, 0.1) is 5.69 Å². The molecule has 1 fully saturated rings. The summed E-state index contributed by atoms with van der Waals surface area (Å²) in [6.45, 7) is 2.06. The second-order valence-corrected chi connectivity index (χ2v) is 6.20. The number of thiazole rings is 1. The van der Waals surface area contributed by atoms with Crippen LogP contribution < -0.4 is 10.6 Å². The molecule has 1 unspecified atom stereocenters. The van der Waals surface area contributed by atoms with Gasteiger partial charge in [-0.1, -0.05) is 19.3 Å². The highest BCUT2D eigenvalue weighted by atomic mass is 32.1. The maximum atomic E-state index is 12.0. The average Bonchev–Trinajstić information content (AvgIpc) is 2.87. The molecule has 0 radical (unpaired) electrons. The van der Waals surface area contributed by atoms with Gasteiger partial charge in [0.15, 0.2) is 5.13 Å². The lowest BCUT2D eigenvalue weighted by atomic mass is 9.87. The van der Waals surface area contributed by atoms with E-state index >= 15 is 0 Å². The number of amides is 1. The molecular formula is C14H23N3OS. The van der Waals surface area contributed by atoms with Crippen molar-refractivity contribution in [1.29, 1.82) is 0 Å². The van der Waals surface area contributed by atoms with Crippen molar-refractivity contribution in [2.75, 3.05) is 12.4 Å². The van der Waals surface area contributed by atoms with Crippen LogP contribution in [0, 0.1) is 5.92 Å². The molecule has 1 aliphatic carbocycles. The Balaban J connectivity index is 1.82. The fraction of sp³-hybridized carbons (Fsp3) is 0.714. The first-order valence-electron chi connectivity index (χ1n) is 7.11. The fourth-order valence-electron chi connectivity index (χ4n) is 2.51. The van der Waals surface area contributed by atoms with Crippen molar-refractivity contribution in [3.05, 3.63) is 11.1 Å². The summed E-state index contributed by atoms with van der Waals surface area (Å²) in [5.74, 6) is 0.689. The van der Waals surface area contributed by atoms with Gasteiger partial charge in [0.1, 0.15) is 0 Å². The maximum Gasteiger partial charge on any atom is 0.226 e. The van der Waals surface area contributed by atoms with E-state index in [1.807, 2.05) is 12.4 Å². The molecule has 1 amide bonds. The molecule has 0 aromatic carbocycles. The molecule has 5 heteroatoms. The number of carbonyl (C=O) groups excluding carboxylic acids is 1. The third-order valence-electron chi connectivity index (χ3n) is 3.84. The first-order valence-corrected chi connectivity index (χ1v) is 7.99. The van der Waals surface area contributed by atoms with Crippen molar-refractivity contribution < 1.29 is 4.79 Å². The molecule has 106 valence electrons. The molecule has 0 spiro atoms. The van der Waals surface area contributed by atoms with E-state index < -0.39 is 0 Å². The van der Waals surface area contributed by atoms with Gasteiger partial charge in [-0.05, 0) is 32.7 Å². The van der Waals surface area contributed by atoms with Crippen LogP contribution in [0.1, 0.15) is 57.2 Å². The number of rotatable bonds is 5. The van der Waals surface area contributed by atoms with Crippen molar-refractivity contribution in [2.45, 2.75) is 51.5 Å². The highest BCUT2D eigenvalue weighted by molar-refractivity contribution is 7.13. The van der Waals surface area contributed by atoms with E-state index in [4.69, 9.17) is 0 Å². The predicted molar refractivity (Wildman–Crippen MR) is 79.4 cm³/mol. The Kier molecular flexibility index (Phi) is 5.34. The molecule has 19 heavy (non-hydrogen) atoms. The standard InChI is InChI=1S/C14H23N3OS/c1-10(15-2)12-9-19-14(16-12)17-13(18)8-11-6-4-3-5-7-11/h9-11,15H,3-8H2,1-2H3,(H,16,17,18). The van der Waals surface area contributed by atoms with Gasteiger partial charge in [0, 0.05) is 17.8 Å². The summed E-state index contributed by atoms with van der Waals surface area (Å²) in [5.41, 5.74) is 0.987. The van der Waals surface area contributed by atoms with Crippen molar-refractivity contribution in [2.24, 2.45) is 5.92 Å². The van der Waals surface area contributed by atoms with Crippen molar-refractivity contribution in [1.82, 2.24) is 10.3 Å². The van der Waals surface area contributed by atoms with Gasteiger partial charge in [-0.2, -0.15) is 0 Å². The molecular weight excluding hydrogens is 258 g/mol. The van der Waals surface area contributed by atoms with Crippen LogP contribution in [0.5, 0.6) is 0 Å². The Bertz CT molecular complexity index is 413. The highest BCUT2D eigenvalue weighted by Gasteiger charge is 2.18. The monoisotopic (exact) mass is 281 g/mol. The van der Waals surface area contributed by atoms with Crippen LogP contribution in [-0.2, 0) is 4.79 Å². The zero-order valence-corrected chi connectivity index (χ0v) is 12.6. The summed E-state index contributed by atoms with van der Waals surface area (Å²) < 4.78 is 0. The van der Waals surface area contributed by atoms with Gasteiger partial charge in [-0.15, -0.1) is 11.3 Å². The number of hydrogen-bond donors (Lipinski definition) is 2. The lowest BCUT2D eigenvalue weighted by molar-refractivity contribution is -0.117. The fourth-order valence-corrected chi connectivity index (χ4v) is 3.33. The van der Waals surface area contributed by atoms with Gasteiger partial charge in [-0.25, -0.2) is 4.98 Å². The largest absolute Gasteiger partial charge is 0.312 e. The van der Waals surface area contributed by atoms with Gasteiger partial charge >= 0.3 is 0 Å². The minimum absolute atomic E-state index is 0.116. The van der Waals surface area contributed by atoms with Crippen LogP contribution in [0.3, 0.4) is 0 Å². The van der Waals surface area contributed by atoms with E-state index in [1.54, 1.807) is 0 Å². The maximum absolute atomic E-state index is 12.0. The summed E-state index contributed by atoms with van der Waals surface area (Å²) in [5, 5.41) is 8.79. The van der Waals surface area contributed by atoms with Crippen LogP contribution >= 0.6 is 11.3 Å². The number of carbonyl (C=O) groups is 1. The second-order valence-electron chi connectivity index (χ2n) is 5.34. The van der Waals surface area contributed by atoms with E-state index in [-0.39, 0.29) is 11.9 Å². The van der Waals surface area contributed by atoms with Gasteiger partial charge in [0.2, 0.25) is 5.91 Å².